The van der Waals surface area contributed by atoms with Crippen molar-refractivity contribution in [3.05, 3.63) is 30.1 Å². The van der Waals surface area contributed by atoms with Gasteiger partial charge < -0.3 is 10.2 Å². The Hall–Kier alpha value is -1.91. The van der Waals surface area contributed by atoms with E-state index in [-0.39, 0.29) is 11.8 Å². The molecular formula is C15H21N3O2. The van der Waals surface area contributed by atoms with Crippen LogP contribution in [0.3, 0.4) is 0 Å². The van der Waals surface area contributed by atoms with Crippen molar-refractivity contribution in [2.75, 3.05) is 0 Å². The molecule has 2 rings (SSSR count). The highest BCUT2D eigenvalue weighted by atomic mass is 16.2. The van der Waals surface area contributed by atoms with Crippen LogP contribution in [0.15, 0.2) is 24.4 Å². The quantitative estimate of drug-likeness (QED) is 0.905. The van der Waals surface area contributed by atoms with Crippen LogP contribution >= 0.6 is 0 Å². The van der Waals surface area contributed by atoms with Crippen molar-refractivity contribution >= 4 is 11.8 Å². The minimum Gasteiger partial charge on any atom is -0.340 e. The monoisotopic (exact) mass is 275 g/mol. The van der Waals surface area contributed by atoms with Crippen LogP contribution in [0.5, 0.6) is 0 Å². The summed E-state index contributed by atoms with van der Waals surface area (Å²) in [6.07, 6.45) is 2.89. The van der Waals surface area contributed by atoms with E-state index in [0.29, 0.717) is 19.4 Å². The molecular weight excluding hydrogens is 254 g/mol. The van der Waals surface area contributed by atoms with Gasteiger partial charge in [-0.15, -0.1) is 0 Å². The van der Waals surface area contributed by atoms with Gasteiger partial charge in [0.1, 0.15) is 11.6 Å². The van der Waals surface area contributed by atoms with Crippen LogP contribution < -0.4 is 5.32 Å². The van der Waals surface area contributed by atoms with E-state index < -0.39 is 11.6 Å². The molecule has 0 aliphatic carbocycles. The molecule has 2 amide bonds. The Morgan fingerprint density at radius 3 is 2.55 bits per heavy atom. The minimum atomic E-state index is -0.766. The average molecular weight is 275 g/mol. The minimum absolute atomic E-state index is 0.0137. The van der Waals surface area contributed by atoms with Gasteiger partial charge in [0, 0.05) is 6.20 Å². The van der Waals surface area contributed by atoms with E-state index in [2.05, 4.69) is 10.3 Å². The van der Waals surface area contributed by atoms with E-state index in [1.165, 1.54) is 0 Å². The summed E-state index contributed by atoms with van der Waals surface area (Å²) < 4.78 is 0. The zero-order valence-electron chi connectivity index (χ0n) is 12.2. The maximum absolute atomic E-state index is 12.8. The van der Waals surface area contributed by atoms with Crippen LogP contribution in [0, 0.1) is 0 Å². The number of hydrogen-bond acceptors (Lipinski definition) is 3. The summed E-state index contributed by atoms with van der Waals surface area (Å²) in [6.45, 7) is 5.98. The topological polar surface area (TPSA) is 62.3 Å². The molecule has 1 aliphatic heterocycles. The number of nitrogens with zero attached hydrogens (tertiary/aromatic N) is 2. The summed E-state index contributed by atoms with van der Waals surface area (Å²) in [6, 6.07) is 5.12. The highest BCUT2D eigenvalue weighted by molar-refractivity contribution is 5.99. The van der Waals surface area contributed by atoms with Gasteiger partial charge in [0.15, 0.2) is 0 Å². The maximum atomic E-state index is 12.8. The molecule has 1 N–H and O–H groups in total. The molecule has 1 unspecified atom stereocenters. The molecule has 0 bridgehead atoms. The summed E-state index contributed by atoms with van der Waals surface area (Å²) in [4.78, 5) is 30.8. The molecule has 0 saturated carbocycles. The van der Waals surface area contributed by atoms with Crippen LogP contribution in [-0.4, -0.2) is 33.3 Å². The predicted molar refractivity (Wildman–Crippen MR) is 75.7 cm³/mol. The van der Waals surface area contributed by atoms with Crippen molar-refractivity contribution in [1.82, 2.24) is 15.2 Å². The van der Waals surface area contributed by atoms with Crippen LogP contribution in [0.2, 0.25) is 0 Å². The number of nitrogens with one attached hydrogen (secondary N) is 1. The number of rotatable bonds is 4. The number of aromatic nitrogens is 1. The zero-order valence-corrected chi connectivity index (χ0v) is 12.2. The number of piperazine rings is 1. The van der Waals surface area contributed by atoms with Gasteiger partial charge in [-0.3, -0.25) is 14.6 Å². The number of carbonyl (C=O) groups is 2. The molecule has 1 fully saturated rings. The molecule has 108 valence electrons. The Labute approximate surface area is 119 Å². The molecule has 2 heterocycles. The molecule has 0 spiro atoms. The van der Waals surface area contributed by atoms with Gasteiger partial charge in [0.05, 0.1) is 12.2 Å². The van der Waals surface area contributed by atoms with Crippen LogP contribution in [-0.2, 0) is 16.1 Å². The van der Waals surface area contributed by atoms with E-state index >= 15 is 0 Å². The summed E-state index contributed by atoms with van der Waals surface area (Å²) in [5.74, 6) is -0.107. The fourth-order valence-corrected chi connectivity index (χ4v) is 2.59. The van der Waals surface area contributed by atoms with E-state index in [1.54, 1.807) is 18.0 Å². The SMILES string of the molecule is CCC1(CC)NC(=O)C(C)N(Cc2ccccn2)C1=O. The summed E-state index contributed by atoms with van der Waals surface area (Å²) in [5.41, 5.74) is 0.0294. The van der Waals surface area contributed by atoms with Gasteiger partial charge in [-0.1, -0.05) is 19.9 Å². The van der Waals surface area contributed by atoms with Gasteiger partial charge >= 0.3 is 0 Å². The molecule has 1 atom stereocenters. The van der Waals surface area contributed by atoms with E-state index in [4.69, 9.17) is 0 Å². The Kier molecular flexibility index (Phi) is 4.06. The first-order valence-corrected chi connectivity index (χ1v) is 7.07. The number of hydrogen-bond donors (Lipinski definition) is 1. The summed E-state index contributed by atoms with van der Waals surface area (Å²) in [5, 5.41) is 2.89. The fourth-order valence-electron chi connectivity index (χ4n) is 2.59. The van der Waals surface area contributed by atoms with Gasteiger partial charge in [0.2, 0.25) is 11.8 Å². The third kappa shape index (κ3) is 2.40. The predicted octanol–water partition coefficient (Wildman–Crippen LogP) is 1.49. The molecule has 1 aromatic rings. The second-order valence-electron chi connectivity index (χ2n) is 5.21. The third-order valence-electron chi connectivity index (χ3n) is 4.15. The van der Waals surface area contributed by atoms with Crippen molar-refractivity contribution in [2.45, 2.75) is 51.7 Å². The second kappa shape index (κ2) is 5.61. The smallest absolute Gasteiger partial charge is 0.249 e. The molecule has 1 aliphatic rings. The van der Waals surface area contributed by atoms with E-state index in [9.17, 15) is 9.59 Å². The lowest BCUT2D eigenvalue weighted by molar-refractivity contribution is -0.155. The molecule has 1 saturated heterocycles. The standard InChI is InChI=1S/C15H21N3O2/c1-4-15(5-2)14(20)18(11(3)13(19)17-15)10-12-8-6-7-9-16-12/h6-9,11H,4-5,10H2,1-3H3,(H,17,19). The largest absolute Gasteiger partial charge is 0.340 e. The molecule has 0 aromatic carbocycles. The molecule has 1 aromatic heterocycles. The third-order valence-corrected chi connectivity index (χ3v) is 4.15. The molecule has 5 heteroatoms. The molecule has 5 nitrogen and oxygen atoms in total. The van der Waals surface area contributed by atoms with Crippen LogP contribution in [0.1, 0.15) is 39.3 Å². The number of amides is 2. The van der Waals surface area contributed by atoms with Crippen molar-refractivity contribution in [3.8, 4) is 0 Å². The lowest BCUT2D eigenvalue weighted by Crippen LogP contribution is -2.69. The van der Waals surface area contributed by atoms with Crippen LogP contribution in [0.25, 0.3) is 0 Å². The highest BCUT2D eigenvalue weighted by Gasteiger charge is 2.47. The Morgan fingerprint density at radius 2 is 2.00 bits per heavy atom. The number of carbonyl (C=O) groups excluding carboxylic acids is 2. The fraction of sp³-hybridized carbons (Fsp3) is 0.533. The lowest BCUT2D eigenvalue weighted by atomic mass is 9.87. The van der Waals surface area contributed by atoms with E-state index in [1.807, 2.05) is 32.0 Å². The number of pyridine rings is 1. The van der Waals surface area contributed by atoms with Crippen molar-refractivity contribution in [1.29, 1.82) is 0 Å². The van der Waals surface area contributed by atoms with Crippen molar-refractivity contribution < 1.29 is 9.59 Å². The van der Waals surface area contributed by atoms with Crippen molar-refractivity contribution in [3.63, 3.8) is 0 Å². The van der Waals surface area contributed by atoms with Gasteiger partial charge in [0.25, 0.3) is 0 Å². The molecule has 0 radical (unpaired) electrons. The van der Waals surface area contributed by atoms with Crippen LogP contribution in [0.4, 0.5) is 0 Å². The van der Waals surface area contributed by atoms with E-state index in [0.717, 1.165) is 5.69 Å². The maximum Gasteiger partial charge on any atom is 0.249 e. The normalized spacial score (nSPS) is 21.8. The van der Waals surface area contributed by atoms with Gasteiger partial charge in [-0.25, -0.2) is 0 Å². The Balaban J connectivity index is 2.29. The van der Waals surface area contributed by atoms with Gasteiger partial charge in [-0.2, -0.15) is 0 Å². The first-order valence-electron chi connectivity index (χ1n) is 7.07. The summed E-state index contributed by atoms with van der Waals surface area (Å²) >= 11 is 0. The van der Waals surface area contributed by atoms with Gasteiger partial charge in [-0.05, 0) is 31.9 Å². The van der Waals surface area contributed by atoms with Crippen molar-refractivity contribution in [2.24, 2.45) is 0 Å². The zero-order chi connectivity index (χ0) is 14.8. The first kappa shape index (κ1) is 14.5. The summed E-state index contributed by atoms with van der Waals surface area (Å²) in [7, 11) is 0. The first-order chi connectivity index (χ1) is 9.54. The second-order valence-corrected chi connectivity index (χ2v) is 5.21. The molecule has 20 heavy (non-hydrogen) atoms. The average Bonchev–Trinajstić information content (AvgIpc) is 2.48. The Morgan fingerprint density at radius 1 is 1.30 bits per heavy atom. The Bertz CT molecular complexity index is 497. The lowest BCUT2D eigenvalue weighted by Gasteiger charge is -2.44. The highest BCUT2D eigenvalue weighted by Crippen LogP contribution is 2.26.